The van der Waals surface area contributed by atoms with Crippen LogP contribution in [-0.2, 0) is 10.0 Å². The Morgan fingerprint density at radius 1 is 1.50 bits per heavy atom. The molecule has 0 saturated carbocycles. The minimum absolute atomic E-state index is 0. The Bertz CT molecular complexity index is 547. The van der Waals surface area contributed by atoms with Crippen LogP contribution in [-0.4, -0.2) is 33.0 Å². The van der Waals surface area contributed by atoms with Gasteiger partial charge < -0.3 is 5.32 Å². The van der Waals surface area contributed by atoms with Crippen LogP contribution in [0.25, 0.3) is 0 Å². The number of sulfonamides is 1. The summed E-state index contributed by atoms with van der Waals surface area (Å²) in [6, 6.07) is 1.55. The minimum Gasteiger partial charge on any atom is -0.316 e. The van der Waals surface area contributed by atoms with E-state index in [1.807, 2.05) is 0 Å². The Balaban J connectivity index is 0.00000200. The van der Waals surface area contributed by atoms with Crippen molar-refractivity contribution in [1.82, 2.24) is 15.0 Å². The first-order chi connectivity index (χ1) is 8.91. The van der Waals surface area contributed by atoms with Crippen LogP contribution in [0, 0.1) is 5.41 Å². The Kier molecular flexibility index (Phi) is 6.40. The zero-order chi connectivity index (χ0) is 13.9. The summed E-state index contributed by atoms with van der Waals surface area (Å²) in [7, 11) is -3.49. The zero-order valence-corrected chi connectivity index (χ0v) is 14.4. The lowest BCUT2D eigenvalue weighted by molar-refractivity contribution is 0.238. The largest absolute Gasteiger partial charge is 0.316 e. The van der Waals surface area contributed by atoms with E-state index in [4.69, 9.17) is 0 Å². The number of hydrogen-bond acceptors (Lipinski definition) is 4. The van der Waals surface area contributed by atoms with Crippen molar-refractivity contribution < 1.29 is 8.42 Å². The molecule has 114 valence electrons. The van der Waals surface area contributed by atoms with Gasteiger partial charge >= 0.3 is 0 Å². The lowest BCUT2D eigenvalue weighted by atomic mass is 9.83. The molecule has 0 radical (unpaired) electrons. The third kappa shape index (κ3) is 4.66. The molecule has 0 amide bonds. The summed E-state index contributed by atoms with van der Waals surface area (Å²) in [4.78, 5) is 4.07. The highest BCUT2D eigenvalue weighted by Gasteiger charge is 2.28. The van der Waals surface area contributed by atoms with E-state index in [9.17, 15) is 8.42 Å². The summed E-state index contributed by atoms with van der Waals surface area (Å²) in [6.07, 6.45) is 5.02. The molecule has 1 aliphatic heterocycles. The average molecular weight is 385 g/mol. The summed E-state index contributed by atoms with van der Waals surface area (Å²) in [5.74, 6) is 0. The van der Waals surface area contributed by atoms with Crippen molar-refractivity contribution in [3.05, 3.63) is 22.9 Å². The molecule has 1 aliphatic rings. The summed E-state index contributed by atoms with van der Waals surface area (Å²) >= 11 is 3.23. The Morgan fingerprint density at radius 2 is 2.25 bits per heavy atom. The SMILES string of the molecule is CC1(CNS(=O)(=O)c2cncc(Br)c2)CCCNC1.Cl. The van der Waals surface area contributed by atoms with Crippen molar-refractivity contribution in [2.75, 3.05) is 19.6 Å². The second kappa shape index (κ2) is 7.17. The number of rotatable bonds is 4. The molecular formula is C12H19BrClN3O2S. The molecule has 0 aromatic carbocycles. The van der Waals surface area contributed by atoms with Crippen molar-refractivity contribution in [3.63, 3.8) is 0 Å². The molecule has 0 aliphatic carbocycles. The molecule has 20 heavy (non-hydrogen) atoms. The first-order valence-electron chi connectivity index (χ1n) is 6.22. The fraction of sp³-hybridized carbons (Fsp3) is 0.583. The first kappa shape index (κ1) is 17.8. The molecule has 0 bridgehead atoms. The Hall–Kier alpha value is -0.210. The summed E-state index contributed by atoms with van der Waals surface area (Å²) < 4.78 is 27.7. The fourth-order valence-electron chi connectivity index (χ4n) is 2.16. The van der Waals surface area contributed by atoms with Gasteiger partial charge in [-0.05, 0) is 46.8 Å². The fourth-order valence-corrected chi connectivity index (χ4v) is 3.86. The topological polar surface area (TPSA) is 71.1 Å². The van der Waals surface area contributed by atoms with Crippen molar-refractivity contribution >= 4 is 38.4 Å². The van der Waals surface area contributed by atoms with Crippen LogP contribution in [0.1, 0.15) is 19.8 Å². The average Bonchev–Trinajstić information content (AvgIpc) is 2.38. The number of hydrogen-bond donors (Lipinski definition) is 2. The molecule has 1 unspecified atom stereocenters. The van der Waals surface area contributed by atoms with Crippen molar-refractivity contribution in [3.8, 4) is 0 Å². The smallest absolute Gasteiger partial charge is 0.242 e. The van der Waals surface area contributed by atoms with Gasteiger partial charge in [-0.25, -0.2) is 13.1 Å². The molecule has 0 spiro atoms. The van der Waals surface area contributed by atoms with Crippen LogP contribution in [0.15, 0.2) is 27.8 Å². The van der Waals surface area contributed by atoms with Gasteiger partial charge in [0.1, 0.15) is 4.90 Å². The van der Waals surface area contributed by atoms with Gasteiger partial charge in [-0.1, -0.05) is 6.92 Å². The number of piperidine rings is 1. The van der Waals surface area contributed by atoms with Crippen LogP contribution in [0.4, 0.5) is 0 Å². The minimum atomic E-state index is -3.49. The van der Waals surface area contributed by atoms with E-state index in [1.54, 1.807) is 12.3 Å². The van der Waals surface area contributed by atoms with E-state index in [0.717, 1.165) is 25.9 Å². The van der Waals surface area contributed by atoms with Gasteiger partial charge in [0, 0.05) is 30.0 Å². The number of halogens is 2. The summed E-state index contributed by atoms with van der Waals surface area (Å²) in [5, 5.41) is 3.31. The lowest BCUT2D eigenvalue weighted by Crippen LogP contribution is -2.45. The van der Waals surface area contributed by atoms with E-state index in [2.05, 4.69) is 37.9 Å². The molecule has 2 heterocycles. The standard InChI is InChI=1S/C12H18BrN3O2S.ClH/c1-12(3-2-4-14-8-12)9-16-19(17,18)11-5-10(13)6-15-7-11;/h5-7,14,16H,2-4,8-9H2,1H3;1H. The number of pyridine rings is 1. The van der Waals surface area contributed by atoms with Gasteiger partial charge in [-0.15, -0.1) is 12.4 Å². The zero-order valence-electron chi connectivity index (χ0n) is 11.2. The molecule has 2 N–H and O–H groups in total. The summed E-state index contributed by atoms with van der Waals surface area (Å²) in [5.41, 5.74) is -0.0231. The maximum atomic E-state index is 12.2. The van der Waals surface area contributed by atoms with Gasteiger partial charge in [0.15, 0.2) is 0 Å². The highest BCUT2D eigenvalue weighted by Crippen LogP contribution is 2.25. The molecule has 1 saturated heterocycles. The summed E-state index contributed by atoms with van der Waals surface area (Å²) in [6.45, 7) is 4.39. The van der Waals surface area contributed by atoms with Crippen molar-refractivity contribution in [1.29, 1.82) is 0 Å². The van der Waals surface area contributed by atoms with Crippen LogP contribution in [0.5, 0.6) is 0 Å². The third-order valence-electron chi connectivity index (χ3n) is 3.36. The lowest BCUT2D eigenvalue weighted by Gasteiger charge is -2.34. The molecule has 5 nitrogen and oxygen atoms in total. The molecule has 1 aromatic rings. The highest BCUT2D eigenvalue weighted by atomic mass is 79.9. The second-order valence-corrected chi connectivity index (χ2v) is 7.94. The van der Waals surface area contributed by atoms with Crippen LogP contribution in [0.2, 0.25) is 0 Å². The monoisotopic (exact) mass is 383 g/mol. The van der Waals surface area contributed by atoms with E-state index >= 15 is 0 Å². The molecule has 8 heteroatoms. The van der Waals surface area contributed by atoms with Crippen LogP contribution >= 0.6 is 28.3 Å². The van der Waals surface area contributed by atoms with E-state index in [0.29, 0.717) is 11.0 Å². The predicted molar refractivity (Wildman–Crippen MR) is 84.6 cm³/mol. The maximum Gasteiger partial charge on any atom is 0.242 e. The molecule has 1 aromatic heterocycles. The number of nitrogens with one attached hydrogen (secondary N) is 2. The predicted octanol–water partition coefficient (Wildman–Crippen LogP) is 1.93. The van der Waals surface area contributed by atoms with Crippen molar-refractivity contribution in [2.45, 2.75) is 24.7 Å². The number of aromatic nitrogens is 1. The van der Waals surface area contributed by atoms with Crippen LogP contribution < -0.4 is 10.0 Å². The molecular weight excluding hydrogens is 366 g/mol. The normalized spacial score (nSPS) is 23.1. The van der Waals surface area contributed by atoms with Gasteiger partial charge in [-0.3, -0.25) is 4.98 Å². The van der Waals surface area contributed by atoms with Gasteiger partial charge in [0.25, 0.3) is 0 Å². The van der Waals surface area contributed by atoms with Crippen molar-refractivity contribution in [2.24, 2.45) is 5.41 Å². The second-order valence-electron chi connectivity index (χ2n) is 5.25. The first-order valence-corrected chi connectivity index (χ1v) is 8.50. The number of nitrogens with zero attached hydrogens (tertiary/aromatic N) is 1. The Morgan fingerprint density at radius 3 is 2.85 bits per heavy atom. The van der Waals surface area contributed by atoms with E-state index in [1.165, 1.54) is 6.20 Å². The third-order valence-corrected chi connectivity index (χ3v) is 5.17. The maximum absolute atomic E-state index is 12.2. The van der Waals surface area contributed by atoms with Gasteiger partial charge in [0.05, 0.1) is 0 Å². The highest BCUT2D eigenvalue weighted by molar-refractivity contribution is 9.10. The van der Waals surface area contributed by atoms with Gasteiger partial charge in [0.2, 0.25) is 10.0 Å². The van der Waals surface area contributed by atoms with E-state index in [-0.39, 0.29) is 22.7 Å². The van der Waals surface area contributed by atoms with Gasteiger partial charge in [-0.2, -0.15) is 0 Å². The quantitative estimate of drug-likeness (QED) is 0.832. The molecule has 1 atom stereocenters. The molecule has 2 rings (SSSR count). The van der Waals surface area contributed by atoms with Crippen LogP contribution in [0.3, 0.4) is 0 Å². The van der Waals surface area contributed by atoms with E-state index < -0.39 is 10.0 Å². The Labute approximate surface area is 134 Å². The molecule has 1 fully saturated rings.